The zero-order valence-electron chi connectivity index (χ0n) is 15.8. The van der Waals surface area contributed by atoms with Crippen molar-refractivity contribution < 1.29 is 13.9 Å². The van der Waals surface area contributed by atoms with E-state index in [2.05, 4.69) is 16.9 Å². The van der Waals surface area contributed by atoms with Crippen LogP contribution in [0, 0.1) is 11.7 Å². The molecule has 2 aromatic heterocycles. The minimum absolute atomic E-state index is 0.0300. The topological polar surface area (TPSA) is 72.0 Å². The summed E-state index contributed by atoms with van der Waals surface area (Å²) >= 11 is 1.56. The molecule has 1 aromatic carbocycles. The molecular formula is C21H21FN2O3S. The van der Waals surface area contributed by atoms with Gasteiger partial charge >= 0.3 is 5.97 Å². The van der Waals surface area contributed by atoms with Crippen LogP contribution < -0.4 is 5.56 Å². The number of rotatable bonds is 4. The fraction of sp³-hybridized carbons (Fsp3) is 0.381. The average Bonchev–Trinajstić information content (AvgIpc) is 3.01. The number of esters is 1. The molecule has 0 spiro atoms. The molecule has 0 bridgehead atoms. The lowest BCUT2D eigenvalue weighted by atomic mass is 9.89. The molecular weight excluding hydrogens is 379 g/mol. The SMILES string of the molecule is C[C@@H]1CCc2c(sc3nc([C@@H](C)OC(=O)Cc4ccc(F)cc4)[nH]c(=O)c23)C1. The molecule has 146 valence electrons. The molecule has 3 aromatic rings. The first-order chi connectivity index (χ1) is 13.4. The second kappa shape index (κ2) is 7.47. The number of hydrogen-bond acceptors (Lipinski definition) is 5. The number of carbonyl (C=O) groups is 1. The van der Waals surface area contributed by atoms with Crippen molar-refractivity contribution in [2.24, 2.45) is 5.92 Å². The molecule has 2 heterocycles. The third-order valence-corrected chi connectivity index (χ3v) is 6.29. The lowest BCUT2D eigenvalue weighted by Crippen LogP contribution is -2.18. The van der Waals surface area contributed by atoms with Crippen molar-refractivity contribution in [2.75, 3.05) is 0 Å². The van der Waals surface area contributed by atoms with E-state index in [1.54, 1.807) is 30.4 Å². The molecule has 1 N–H and O–H groups in total. The van der Waals surface area contributed by atoms with Crippen molar-refractivity contribution in [3.05, 3.63) is 62.3 Å². The van der Waals surface area contributed by atoms with Crippen molar-refractivity contribution in [1.82, 2.24) is 9.97 Å². The molecule has 7 heteroatoms. The first-order valence-electron chi connectivity index (χ1n) is 9.39. The van der Waals surface area contributed by atoms with Gasteiger partial charge in [-0.1, -0.05) is 19.1 Å². The number of nitrogens with one attached hydrogen (secondary N) is 1. The maximum Gasteiger partial charge on any atom is 0.310 e. The van der Waals surface area contributed by atoms with Gasteiger partial charge in [0.2, 0.25) is 0 Å². The van der Waals surface area contributed by atoms with Gasteiger partial charge < -0.3 is 9.72 Å². The Hall–Kier alpha value is -2.54. The summed E-state index contributed by atoms with van der Waals surface area (Å²) < 4.78 is 18.4. The number of ether oxygens (including phenoxy) is 1. The molecule has 2 atom stereocenters. The summed E-state index contributed by atoms with van der Waals surface area (Å²) in [6.07, 6.45) is 2.32. The Morgan fingerprint density at radius 1 is 1.39 bits per heavy atom. The van der Waals surface area contributed by atoms with Gasteiger partial charge in [0.1, 0.15) is 10.6 Å². The molecule has 28 heavy (non-hydrogen) atoms. The predicted octanol–water partition coefficient (Wildman–Crippen LogP) is 4.10. The van der Waals surface area contributed by atoms with Gasteiger partial charge in [0.05, 0.1) is 11.8 Å². The number of H-pyrrole nitrogens is 1. The number of aryl methyl sites for hydroxylation is 1. The third kappa shape index (κ3) is 3.71. The van der Waals surface area contributed by atoms with Crippen molar-refractivity contribution in [3.8, 4) is 0 Å². The second-order valence-electron chi connectivity index (χ2n) is 7.42. The summed E-state index contributed by atoms with van der Waals surface area (Å²) in [7, 11) is 0. The van der Waals surface area contributed by atoms with Crippen LogP contribution in [0.15, 0.2) is 29.1 Å². The van der Waals surface area contributed by atoms with Crippen molar-refractivity contribution in [1.29, 1.82) is 0 Å². The van der Waals surface area contributed by atoms with Crippen LogP contribution in [0.2, 0.25) is 0 Å². The third-order valence-electron chi connectivity index (χ3n) is 5.14. The highest BCUT2D eigenvalue weighted by molar-refractivity contribution is 7.18. The number of fused-ring (bicyclic) bond motifs is 3. The normalized spacial score (nSPS) is 17.3. The fourth-order valence-electron chi connectivity index (χ4n) is 3.62. The molecule has 0 fully saturated rings. The molecule has 0 radical (unpaired) electrons. The molecule has 0 unspecified atom stereocenters. The van der Waals surface area contributed by atoms with Crippen molar-refractivity contribution in [2.45, 2.75) is 45.6 Å². The average molecular weight is 400 g/mol. The molecule has 1 aliphatic carbocycles. The molecule has 0 saturated heterocycles. The Bertz CT molecular complexity index is 1090. The van der Waals surface area contributed by atoms with E-state index >= 15 is 0 Å². The highest BCUT2D eigenvalue weighted by Crippen LogP contribution is 2.35. The first kappa shape index (κ1) is 18.8. The highest BCUT2D eigenvalue weighted by atomic mass is 32.1. The van der Waals surface area contributed by atoms with Gasteiger partial charge in [-0.2, -0.15) is 0 Å². The maximum absolute atomic E-state index is 13.0. The zero-order valence-corrected chi connectivity index (χ0v) is 16.6. The number of aromatic nitrogens is 2. The van der Waals surface area contributed by atoms with Crippen LogP contribution in [0.25, 0.3) is 10.2 Å². The van der Waals surface area contributed by atoms with Gasteiger partial charge in [-0.25, -0.2) is 9.37 Å². The fourth-order valence-corrected chi connectivity index (χ4v) is 5.01. The van der Waals surface area contributed by atoms with Crippen LogP contribution in [0.4, 0.5) is 4.39 Å². The molecule has 4 rings (SSSR count). The van der Waals surface area contributed by atoms with Crippen LogP contribution in [0.5, 0.6) is 0 Å². The molecule has 0 saturated carbocycles. The summed E-state index contributed by atoms with van der Waals surface area (Å²) in [6, 6.07) is 5.70. The van der Waals surface area contributed by atoms with E-state index in [-0.39, 0.29) is 17.8 Å². The zero-order chi connectivity index (χ0) is 19.8. The van der Waals surface area contributed by atoms with Gasteiger partial charge in [-0.3, -0.25) is 9.59 Å². The van der Waals surface area contributed by atoms with Gasteiger partial charge in [-0.05, 0) is 55.4 Å². The van der Waals surface area contributed by atoms with Gasteiger partial charge in [0.15, 0.2) is 11.9 Å². The van der Waals surface area contributed by atoms with Crippen LogP contribution in [0.3, 0.4) is 0 Å². The quantitative estimate of drug-likeness (QED) is 0.670. The maximum atomic E-state index is 13.0. The molecule has 0 aliphatic heterocycles. The summed E-state index contributed by atoms with van der Waals surface area (Å²) in [5.41, 5.74) is 1.61. The van der Waals surface area contributed by atoms with Crippen molar-refractivity contribution >= 4 is 27.5 Å². The van der Waals surface area contributed by atoms with Gasteiger partial charge in [0, 0.05) is 4.88 Å². The van der Waals surface area contributed by atoms with E-state index in [9.17, 15) is 14.0 Å². The second-order valence-corrected chi connectivity index (χ2v) is 8.50. The van der Waals surface area contributed by atoms with Gasteiger partial charge in [-0.15, -0.1) is 11.3 Å². The number of nitrogens with zero attached hydrogens (tertiary/aromatic N) is 1. The molecule has 1 aliphatic rings. The van der Waals surface area contributed by atoms with E-state index in [0.717, 1.165) is 24.8 Å². The number of aromatic amines is 1. The Balaban J connectivity index is 1.54. The Morgan fingerprint density at radius 2 is 2.14 bits per heavy atom. The summed E-state index contributed by atoms with van der Waals surface area (Å²) in [5, 5.41) is 0.681. The minimum atomic E-state index is -0.678. The summed E-state index contributed by atoms with van der Waals surface area (Å²) in [4.78, 5) is 34.2. The Labute approximate surface area is 165 Å². The number of carbonyl (C=O) groups excluding carboxylic acids is 1. The summed E-state index contributed by atoms with van der Waals surface area (Å²) in [5.74, 6) is 0.150. The monoisotopic (exact) mass is 400 g/mol. The van der Waals surface area contributed by atoms with E-state index < -0.39 is 12.1 Å². The highest BCUT2D eigenvalue weighted by Gasteiger charge is 2.24. The number of thiophene rings is 1. The summed E-state index contributed by atoms with van der Waals surface area (Å²) in [6.45, 7) is 3.90. The molecule has 0 amide bonds. The number of benzene rings is 1. The lowest BCUT2D eigenvalue weighted by molar-refractivity contribution is -0.148. The number of halogens is 1. The largest absolute Gasteiger partial charge is 0.454 e. The molecule has 5 nitrogen and oxygen atoms in total. The standard InChI is InChI=1S/C21H21FN2O3S/c1-11-3-8-15-16(9-11)28-21-18(15)20(26)23-19(24-21)12(2)27-17(25)10-13-4-6-14(22)7-5-13/h4-7,11-12H,3,8-10H2,1-2H3,(H,23,24,26)/t11-,12-/m1/s1. The van der Waals surface area contributed by atoms with E-state index in [1.165, 1.54) is 17.0 Å². The van der Waals surface area contributed by atoms with E-state index in [4.69, 9.17) is 4.74 Å². The lowest BCUT2D eigenvalue weighted by Gasteiger charge is -2.17. The first-order valence-corrected chi connectivity index (χ1v) is 10.2. The van der Waals surface area contributed by atoms with Crippen LogP contribution in [0.1, 0.15) is 48.2 Å². The Morgan fingerprint density at radius 3 is 2.89 bits per heavy atom. The van der Waals surface area contributed by atoms with Crippen LogP contribution in [-0.4, -0.2) is 15.9 Å². The predicted molar refractivity (Wildman–Crippen MR) is 106 cm³/mol. The Kier molecular flexibility index (Phi) is 5.02. The smallest absolute Gasteiger partial charge is 0.310 e. The van der Waals surface area contributed by atoms with Crippen LogP contribution in [-0.2, 0) is 28.8 Å². The van der Waals surface area contributed by atoms with Gasteiger partial charge in [0.25, 0.3) is 5.56 Å². The van der Waals surface area contributed by atoms with Crippen molar-refractivity contribution in [3.63, 3.8) is 0 Å². The van der Waals surface area contributed by atoms with E-state index in [1.807, 2.05) is 0 Å². The number of hydrogen-bond donors (Lipinski definition) is 1. The van der Waals surface area contributed by atoms with E-state index in [0.29, 0.717) is 27.5 Å². The van der Waals surface area contributed by atoms with Crippen LogP contribution >= 0.6 is 11.3 Å². The minimum Gasteiger partial charge on any atom is -0.454 e.